The van der Waals surface area contributed by atoms with Gasteiger partial charge in [0, 0.05) is 0 Å². The van der Waals surface area contributed by atoms with E-state index in [0.717, 1.165) is 10.9 Å². The third-order valence-electron chi connectivity index (χ3n) is 1.81. The fourth-order valence-electron chi connectivity index (χ4n) is 0.567. The average molecular weight is 258 g/mol. The second kappa shape index (κ2) is 4.20. The van der Waals surface area contributed by atoms with E-state index in [0.29, 0.717) is 0 Å². The predicted octanol–water partition coefficient (Wildman–Crippen LogP) is 0.895. The molecule has 1 atom stereocenters. The molecule has 0 aromatic heterocycles. The summed E-state index contributed by atoms with van der Waals surface area (Å²) < 4.78 is 5.56. The Kier molecular flexibility index (Phi) is 4.31. The van der Waals surface area contributed by atoms with Gasteiger partial charge in [-0.25, -0.2) is 0 Å². The number of methoxy groups -OCH3 is 1. The van der Waals surface area contributed by atoms with E-state index in [9.17, 15) is 4.79 Å². The Labute approximate surface area is 75.2 Å². The van der Waals surface area contributed by atoms with Crippen LogP contribution in [0.1, 0.15) is 20.3 Å². The molecule has 3 heteroatoms. The van der Waals surface area contributed by atoms with Crippen LogP contribution in [0.15, 0.2) is 0 Å². The van der Waals surface area contributed by atoms with Gasteiger partial charge in [0.25, 0.3) is 0 Å². The molecule has 0 aliphatic carbocycles. The minimum absolute atomic E-state index is 0.0870. The zero-order valence-corrected chi connectivity index (χ0v) is 9.23. The topological polar surface area (TPSA) is 26.3 Å². The van der Waals surface area contributed by atoms with Crippen molar-refractivity contribution in [3.8, 4) is 0 Å². The van der Waals surface area contributed by atoms with E-state index in [4.69, 9.17) is 0 Å². The summed E-state index contributed by atoms with van der Waals surface area (Å²) in [4.78, 5) is 11.1. The Balaban J connectivity index is 4.17. The molecule has 1 unspecified atom stereocenters. The van der Waals surface area contributed by atoms with E-state index in [1.54, 1.807) is 22.3 Å². The number of carbonyl (C=O) groups excluding carboxylic acids is 1. The second-order valence-corrected chi connectivity index (χ2v) is 3.47. The predicted molar refractivity (Wildman–Crippen MR) is 42.4 cm³/mol. The van der Waals surface area contributed by atoms with Gasteiger partial charge in [-0.3, -0.25) is 0 Å². The molecule has 0 heterocycles. The van der Waals surface area contributed by atoms with Gasteiger partial charge in [0.05, 0.1) is 0 Å². The number of esters is 1. The zero-order valence-electron chi connectivity index (χ0n) is 6.68. The first kappa shape index (κ1) is 10.3. The van der Waals surface area contributed by atoms with Crippen molar-refractivity contribution in [1.29, 1.82) is 0 Å². The van der Waals surface area contributed by atoms with E-state index in [-0.39, 0.29) is 11.4 Å². The monoisotopic (exact) mass is 260 g/mol. The molecule has 0 amide bonds. The fraction of sp³-hybridized carbons (Fsp3) is 0.857. The van der Waals surface area contributed by atoms with Crippen LogP contribution in [-0.2, 0) is 9.53 Å². The number of rotatable bonds is 3. The number of hydrogen-bond acceptors (Lipinski definition) is 2. The molecule has 0 rings (SSSR count). The van der Waals surface area contributed by atoms with Crippen molar-refractivity contribution < 1.29 is 9.53 Å². The van der Waals surface area contributed by atoms with E-state index in [1.165, 1.54) is 7.11 Å². The summed E-state index contributed by atoms with van der Waals surface area (Å²) in [6.07, 6.45) is 0.856. The van der Waals surface area contributed by atoms with Gasteiger partial charge in [0.2, 0.25) is 0 Å². The molecular formula is C7H14O2Te. The molecule has 2 nitrogen and oxygen atoms in total. The average Bonchev–Trinajstić information content (AvgIpc) is 2.01. The molecular weight excluding hydrogens is 244 g/mol. The Morgan fingerprint density at radius 3 is 2.30 bits per heavy atom. The molecule has 0 bridgehead atoms. The fourth-order valence-corrected chi connectivity index (χ4v) is 1.57. The quantitative estimate of drug-likeness (QED) is 0.555. The summed E-state index contributed by atoms with van der Waals surface area (Å²) in [5.41, 5.74) is -0.247. The van der Waals surface area contributed by atoms with Gasteiger partial charge >= 0.3 is 75.1 Å². The summed E-state index contributed by atoms with van der Waals surface area (Å²) in [5.74, 6) is -0.0870. The summed E-state index contributed by atoms with van der Waals surface area (Å²) in [6.45, 7) is 3.95. The number of carbonyl (C=O) groups is 1. The molecule has 0 aromatic carbocycles. The van der Waals surface area contributed by atoms with E-state index in [2.05, 4.69) is 4.74 Å². The van der Waals surface area contributed by atoms with Crippen LogP contribution < -0.4 is 0 Å². The molecule has 0 spiro atoms. The van der Waals surface area contributed by atoms with Crippen molar-refractivity contribution in [2.24, 2.45) is 5.41 Å². The van der Waals surface area contributed by atoms with Crippen LogP contribution in [-0.4, -0.2) is 35.4 Å². The van der Waals surface area contributed by atoms with Crippen LogP contribution in [0.5, 0.6) is 0 Å². The third-order valence-corrected chi connectivity index (χ3v) is 3.80. The van der Waals surface area contributed by atoms with Crippen molar-refractivity contribution in [2.45, 2.75) is 24.7 Å². The third kappa shape index (κ3) is 2.14. The molecule has 60 valence electrons. The van der Waals surface area contributed by atoms with E-state index < -0.39 is 0 Å². The molecule has 0 aliphatic rings. The van der Waals surface area contributed by atoms with Crippen LogP contribution in [0.3, 0.4) is 0 Å². The summed E-state index contributed by atoms with van der Waals surface area (Å²) in [7, 11) is 1.44. The van der Waals surface area contributed by atoms with Gasteiger partial charge in [-0.15, -0.1) is 0 Å². The van der Waals surface area contributed by atoms with Crippen LogP contribution in [0.4, 0.5) is 0 Å². The Morgan fingerprint density at radius 2 is 2.20 bits per heavy atom. The first-order chi connectivity index (χ1) is 4.60. The van der Waals surface area contributed by atoms with Crippen LogP contribution in [0.2, 0.25) is 4.47 Å². The molecule has 10 heavy (non-hydrogen) atoms. The van der Waals surface area contributed by atoms with E-state index in [1.807, 2.05) is 13.8 Å². The molecule has 0 saturated heterocycles. The van der Waals surface area contributed by atoms with Crippen molar-refractivity contribution in [3.63, 3.8) is 0 Å². The van der Waals surface area contributed by atoms with Crippen LogP contribution >= 0.6 is 0 Å². The molecule has 0 saturated carbocycles. The van der Waals surface area contributed by atoms with Gasteiger partial charge in [0.1, 0.15) is 0 Å². The Hall–Kier alpha value is 0.260. The van der Waals surface area contributed by atoms with Crippen LogP contribution in [0.25, 0.3) is 0 Å². The standard InChI is InChI=1S/C7H14O2Te/c1-4-7(2,5-10)6(8)9-3/h10H,4-5H2,1-3H3. The summed E-state index contributed by atoms with van der Waals surface area (Å²) in [6, 6.07) is 0. The van der Waals surface area contributed by atoms with Crippen LogP contribution in [0, 0.1) is 5.41 Å². The SMILES string of the molecule is CCC(C)(C[TeH])C(=O)OC. The first-order valence-electron chi connectivity index (χ1n) is 3.30. The van der Waals surface area contributed by atoms with E-state index >= 15 is 0 Å². The molecule has 0 fully saturated rings. The Bertz CT molecular complexity index is 119. The van der Waals surface area contributed by atoms with Gasteiger partial charge in [-0.2, -0.15) is 0 Å². The van der Waals surface area contributed by atoms with Crippen molar-refractivity contribution in [3.05, 3.63) is 0 Å². The maximum atomic E-state index is 11.1. The van der Waals surface area contributed by atoms with Gasteiger partial charge < -0.3 is 0 Å². The van der Waals surface area contributed by atoms with Gasteiger partial charge in [-0.05, 0) is 0 Å². The summed E-state index contributed by atoms with van der Waals surface area (Å²) >= 11 is 1.66. The molecule has 0 aromatic rings. The van der Waals surface area contributed by atoms with Gasteiger partial charge in [0.15, 0.2) is 0 Å². The number of hydrogen-bond donors (Lipinski definition) is 0. The first-order valence-corrected chi connectivity index (χ1v) is 5.10. The summed E-state index contributed by atoms with van der Waals surface area (Å²) in [5, 5.41) is 0. The van der Waals surface area contributed by atoms with Crippen molar-refractivity contribution in [1.82, 2.24) is 0 Å². The molecule has 0 N–H and O–H groups in total. The molecule has 0 aliphatic heterocycles. The van der Waals surface area contributed by atoms with Gasteiger partial charge in [-0.1, -0.05) is 0 Å². The van der Waals surface area contributed by atoms with Crippen molar-refractivity contribution >= 4 is 28.3 Å². The second-order valence-electron chi connectivity index (χ2n) is 2.56. The Morgan fingerprint density at radius 1 is 1.70 bits per heavy atom. The maximum absolute atomic E-state index is 11.1. The normalized spacial score (nSPS) is 16.0. The minimum atomic E-state index is -0.247. The number of ether oxygens (including phenoxy) is 1. The zero-order chi connectivity index (χ0) is 8.20. The van der Waals surface area contributed by atoms with Crippen molar-refractivity contribution in [2.75, 3.05) is 7.11 Å². The molecule has 0 radical (unpaired) electrons.